The maximum atomic E-state index is 12.0. The lowest BCUT2D eigenvalue weighted by Gasteiger charge is -2.12. The van der Waals surface area contributed by atoms with Gasteiger partial charge in [-0.15, -0.1) is 0 Å². The molecule has 0 aromatic heterocycles. The minimum atomic E-state index is -0.211. The lowest BCUT2D eigenvalue weighted by Crippen LogP contribution is -2.20. The van der Waals surface area contributed by atoms with E-state index in [-0.39, 0.29) is 12.5 Å². The van der Waals surface area contributed by atoms with Crippen LogP contribution in [0.4, 0.5) is 5.69 Å². The molecule has 118 valence electrons. The van der Waals surface area contributed by atoms with Gasteiger partial charge in [-0.2, -0.15) is 5.26 Å². The number of rotatable bonds is 5. The Hall–Kier alpha value is -2.80. The molecule has 2 aromatic rings. The summed E-state index contributed by atoms with van der Waals surface area (Å²) in [5.41, 5.74) is 4.92. The summed E-state index contributed by atoms with van der Waals surface area (Å²) in [4.78, 5) is 12.0. The van der Waals surface area contributed by atoms with Crippen LogP contribution in [0, 0.1) is 32.1 Å². The number of amides is 1. The van der Waals surface area contributed by atoms with Crippen molar-refractivity contribution in [1.82, 2.24) is 0 Å². The predicted molar refractivity (Wildman–Crippen MR) is 90.5 cm³/mol. The number of carbonyl (C=O) groups is 1. The standard InChI is InChI=1S/C19H20N2O2/c1-13-10-14(2)15(3)18(11-13)23-12-19(22)21-17-6-4-16(5-7-17)8-9-20/h4-7,10-11H,8,12H2,1-3H3,(H,21,22). The first kappa shape index (κ1) is 16.6. The maximum absolute atomic E-state index is 12.0. The molecule has 2 aromatic carbocycles. The Morgan fingerprint density at radius 2 is 1.87 bits per heavy atom. The number of nitrogens with zero attached hydrogens (tertiary/aromatic N) is 1. The number of carbonyl (C=O) groups excluding carboxylic acids is 1. The van der Waals surface area contributed by atoms with Gasteiger partial charge in [-0.25, -0.2) is 0 Å². The van der Waals surface area contributed by atoms with Gasteiger partial charge in [-0.05, 0) is 61.2 Å². The monoisotopic (exact) mass is 308 g/mol. The van der Waals surface area contributed by atoms with Gasteiger partial charge in [0.05, 0.1) is 12.5 Å². The number of nitriles is 1. The van der Waals surface area contributed by atoms with Crippen LogP contribution in [-0.4, -0.2) is 12.5 Å². The Morgan fingerprint density at radius 1 is 1.17 bits per heavy atom. The second-order valence-corrected chi connectivity index (χ2v) is 5.57. The van der Waals surface area contributed by atoms with E-state index in [1.807, 2.05) is 39.0 Å². The van der Waals surface area contributed by atoms with Crippen LogP contribution in [0.15, 0.2) is 36.4 Å². The Morgan fingerprint density at radius 3 is 2.52 bits per heavy atom. The van der Waals surface area contributed by atoms with Crippen LogP contribution in [0.25, 0.3) is 0 Å². The van der Waals surface area contributed by atoms with Crippen molar-refractivity contribution >= 4 is 11.6 Å². The van der Waals surface area contributed by atoms with Crippen LogP contribution in [0.3, 0.4) is 0 Å². The molecule has 4 nitrogen and oxygen atoms in total. The van der Waals surface area contributed by atoms with Crippen molar-refractivity contribution in [1.29, 1.82) is 5.26 Å². The van der Waals surface area contributed by atoms with Crippen molar-refractivity contribution in [2.24, 2.45) is 0 Å². The molecule has 0 aliphatic carbocycles. The number of aryl methyl sites for hydroxylation is 2. The Balaban J connectivity index is 1.94. The fraction of sp³-hybridized carbons (Fsp3) is 0.263. The summed E-state index contributed by atoms with van der Waals surface area (Å²) >= 11 is 0. The molecular weight excluding hydrogens is 288 g/mol. The second kappa shape index (κ2) is 7.46. The highest BCUT2D eigenvalue weighted by molar-refractivity contribution is 5.91. The summed E-state index contributed by atoms with van der Waals surface area (Å²) in [6.07, 6.45) is 0.364. The summed E-state index contributed by atoms with van der Waals surface area (Å²) in [6, 6.07) is 13.3. The molecular formula is C19H20N2O2. The van der Waals surface area contributed by atoms with E-state index in [1.165, 1.54) is 0 Å². The molecule has 0 saturated heterocycles. The SMILES string of the molecule is Cc1cc(C)c(C)c(OCC(=O)Nc2ccc(CC#N)cc2)c1. The molecule has 2 rings (SSSR count). The van der Waals surface area contributed by atoms with Crippen molar-refractivity contribution in [3.63, 3.8) is 0 Å². The third kappa shape index (κ3) is 4.58. The molecule has 0 unspecified atom stereocenters. The zero-order valence-electron chi connectivity index (χ0n) is 13.6. The molecule has 0 fully saturated rings. The zero-order chi connectivity index (χ0) is 16.8. The molecule has 0 radical (unpaired) electrons. The highest BCUT2D eigenvalue weighted by Crippen LogP contribution is 2.23. The summed E-state index contributed by atoms with van der Waals surface area (Å²) in [6.45, 7) is 5.97. The van der Waals surface area contributed by atoms with Gasteiger partial charge in [0.1, 0.15) is 5.75 Å². The quantitative estimate of drug-likeness (QED) is 0.916. The van der Waals surface area contributed by atoms with Crippen LogP contribution in [-0.2, 0) is 11.2 Å². The summed E-state index contributed by atoms with van der Waals surface area (Å²) in [5.74, 6) is 0.526. The minimum absolute atomic E-state index is 0.0380. The number of anilines is 1. The van der Waals surface area contributed by atoms with E-state index < -0.39 is 0 Å². The molecule has 0 bridgehead atoms. The van der Waals surface area contributed by atoms with Gasteiger partial charge in [0, 0.05) is 5.69 Å². The second-order valence-electron chi connectivity index (χ2n) is 5.57. The average molecular weight is 308 g/mol. The zero-order valence-corrected chi connectivity index (χ0v) is 13.6. The highest BCUT2D eigenvalue weighted by atomic mass is 16.5. The van der Waals surface area contributed by atoms with Crippen molar-refractivity contribution in [2.45, 2.75) is 27.2 Å². The number of hydrogen-bond acceptors (Lipinski definition) is 3. The van der Waals surface area contributed by atoms with Gasteiger partial charge in [0.2, 0.25) is 0 Å². The first-order valence-corrected chi connectivity index (χ1v) is 7.46. The van der Waals surface area contributed by atoms with E-state index in [2.05, 4.69) is 17.5 Å². The fourth-order valence-corrected chi connectivity index (χ4v) is 2.29. The lowest BCUT2D eigenvalue weighted by atomic mass is 10.1. The third-order valence-corrected chi connectivity index (χ3v) is 3.64. The van der Waals surface area contributed by atoms with Gasteiger partial charge in [-0.1, -0.05) is 18.2 Å². The first-order chi connectivity index (χ1) is 11.0. The summed E-state index contributed by atoms with van der Waals surface area (Å²) in [5, 5.41) is 11.4. The smallest absolute Gasteiger partial charge is 0.262 e. The summed E-state index contributed by atoms with van der Waals surface area (Å²) < 4.78 is 5.64. The van der Waals surface area contributed by atoms with Gasteiger partial charge in [0.15, 0.2) is 6.61 Å². The van der Waals surface area contributed by atoms with Gasteiger partial charge < -0.3 is 10.1 Å². The van der Waals surface area contributed by atoms with E-state index in [0.717, 1.165) is 28.0 Å². The van der Waals surface area contributed by atoms with E-state index in [4.69, 9.17) is 10.00 Å². The van der Waals surface area contributed by atoms with Gasteiger partial charge >= 0.3 is 0 Å². The van der Waals surface area contributed by atoms with Crippen LogP contribution >= 0.6 is 0 Å². The number of benzene rings is 2. The fourth-order valence-electron chi connectivity index (χ4n) is 2.29. The maximum Gasteiger partial charge on any atom is 0.262 e. The van der Waals surface area contributed by atoms with Crippen molar-refractivity contribution < 1.29 is 9.53 Å². The summed E-state index contributed by atoms with van der Waals surface area (Å²) in [7, 11) is 0. The molecule has 0 spiro atoms. The normalized spacial score (nSPS) is 10.0. The molecule has 0 aliphatic heterocycles. The Bertz CT molecular complexity index is 743. The molecule has 4 heteroatoms. The first-order valence-electron chi connectivity index (χ1n) is 7.46. The van der Waals surface area contributed by atoms with Crippen LogP contribution in [0.2, 0.25) is 0 Å². The molecule has 0 heterocycles. The van der Waals surface area contributed by atoms with Crippen molar-refractivity contribution in [3.05, 3.63) is 58.7 Å². The van der Waals surface area contributed by atoms with E-state index in [9.17, 15) is 4.79 Å². The number of hydrogen-bond donors (Lipinski definition) is 1. The average Bonchev–Trinajstić information content (AvgIpc) is 2.51. The number of ether oxygens (including phenoxy) is 1. The van der Waals surface area contributed by atoms with E-state index in [1.54, 1.807) is 12.1 Å². The van der Waals surface area contributed by atoms with Crippen LogP contribution < -0.4 is 10.1 Å². The minimum Gasteiger partial charge on any atom is -0.483 e. The topological polar surface area (TPSA) is 62.1 Å². The lowest BCUT2D eigenvalue weighted by molar-refractivity contribution is -0.118. The van der Waals surface area contributed by atoms with Crippen LogP contribution in [0.5, 0.6) is 5.75 Å². The Labute approximate surface area is 136 Å². The predicted octanol–water partition coefficient (Wildman–Crippen LogP) is 3.70. The molecule has 23 heavy (non-hydrogen) atoms. The van der Waals surface area contributed by atoms with Gasteiger partial charge in [0.25, 0.3) is 5.91 Å². The molecule has 0 aliphatic rings. The number of nitrogens with one attached hydrogen (secondary N) is 1. The highest BCUT2D eigenvalue weighted by Gasteiger charge is 2.08. The molecule has 0 saturated carbocycles. The van der Waals surface area contributed by atoms with Gasteiger partial charge in [-0.3, -0.25) is 4.79 Å². The third-order valence-electron chi connectivity index (χ3n) is 3.64. The Kier molecular flexibility index (Phi) is 5.37. The van der Waals surface area contributed by atoms with Crippen LogP contribution in [0.1, 0.15) is 22.3 Å². The molecule has 1 N–H and O–H groups in total. The van der Waals surface area contributed by atoms with Crippen molar-refractivity contribution in [3.8, 4) is 11.8 Å². The largest absolute Gasteiger partial charge is 0.483 e. The van der Waals surface area contributed by atoms with E-state index >= 15 is 0 Å². The molecule has 1 amide bonds. The van der Waals surface area contributed by atoms with E-state index in [0.29, 0.717) is 12.1 Å². The van der Waals surface area contributed by atoms with Crippen molar-refractivity contribution in [2.75, 3.05) is 11.9 Å². The molecule has 0 atom stereocenters.